The standard InChI is InChI=1S/C16H26N2O2/c1-8-13(19)17-12-9-15(4,5)18(14(20)11(2)3)16(6,7)10-12/h8,12H,1-2,9-10H2,3-7H3,(H,17,19). The highest BCUT2D eigenvalue weighted by atomic mass is 16.2. The van der Waals surface area contributed by atoms with Gasteiger partial charge in [-0.05, 0) is 53.5 Å². The third kappa shape index (κ3) is 3.30. The zero-order chi connectivity index (χ0) is 15.7. The Kier molecular flexibility index (Phi) is 4.47. The van der Waals surface area contributed by atoms with E-state index in [1.807, 2.05) is 32.6 Å². The molecule has 0 aromatic rings. The lowest BCUT2D eigenvalue weighted by Crippen LogP contribution is -2.66. The normalized spacial score (nSPS) is 21.1. The van der Waals surface area contributed by atoms with Crippen LogP contribution in [0.2, 0.25) is 0 Å². The van der Waals surface area contributed by atoms with E-state index in [-0.39, 0.29) is 28.9 Å². The number of carbonyl (C=O) groups is 2. The fourth-order valence-electron chi connectivity index (χ4n) is 3.38. The highest BCUT2D eigenvalue weighted by molar-refractivity contribution is 5.93. The van der Waals surface area contributed by atoms with Crippen LogP contribution in [0.3, 0.4) is 0 Å². The molecule has 1 rings (SSSR count). The molecule has 1 heterocycles. The van der Waals surface area contributed by atoms with Gasteiger partial charge in [0.1, 0.15) is 0 Å². The molecule has 0 bridgehead atoms. The smallest absolute Gasteiger partial charge is 0.249 e. The first-order valence-corrected chi connectivity index (χ1v) is 6.94. The Morgan fingerprint density at radius 3 is 2.00 bits per heavy atom. The summed E-state index contributed by atoms with van der Waals surface area (Å²) >= 11 is 0. The number of carbonyl (C=O) groups excluding carboxylic acids is 2. The van der Waals surface area contributed by atoms with Gasteiger partial charge in [0, 0.05) is 22.7 Å². The monoisotopic (exact) mass is 278 g/mol. The largest absolute Gasteiger partial charge is 0.350 e. The fourth-order valence-corrected chi connectivity index (χ4v) is 3.38. The van der Waals surface area contributed by atoms with E-state index in [1.54, 1.807) is 6.92 Å². The minimum absolute atomic E-state index is 0.0199. The van der Waals surface area contributed by atoms with Crippen molar-refractivity contribution < 1.29 is 9.59 Å². The molecule has 4 heteroatoms. The van der Waals surface area contributed by atoms with Crippen LogP contribution in [-0.4, -0.2) is 33.8 Å². The summed E-state index contributed by atoms with van der Waals surface area (Å²) in [5, 5.41) is 2.95. The van der Waals surface area contributed by atoms with E-state index in [2.05, 4.69) is 18.5 Å². The van der Waals surface area contributed by atoms with Gasteiger partial charge in [-0.25, -0.2) is 0 Å². The first-order valence-electron chi connectivity index (χ1n) is 6.94. The third-order valence-corrected chi connectivity index (χ3v) is 3.80. The number of nitrogens with one attached hydrogen (secondary N) is 1. The molecule has 20 heavy (non-hydrogen) atoms. The van der Waals surface area contributed by atoms with E-state index >= 15 is 0 Å². The van der Waals surface area contributed by atoms with Crippen molar-refractivity contribution in [3.63, 3.8) is 0 Å². The third-order valence-electron chi connectivity index (χ3n) is 3.80. The Labute approximate surface area is 121 Å². The zero-order valence-corrected chi connectivity index (χ0v) is 13.2. The average Bonchev–Trinajstić information content (AvgIpc) is 2.24. The number of nitrogens with zero attached hydrogens (tertiary/aromatic N) is 1. The lowest BCUT2D eigenvalue weighted by atomic mass is 9.76. The van der Waals surface area contributed by atoms with Gasteiger partial charge in [-0.3, -0.25) is 9.59 Å². The Morgan fingerprint density at radius 2 is 1.65 bits per heavy atom. The van der Waals surface area contributed by atoms with Crippen LogP contribution < -0.4 is 5.32 Å². The molecule has 1 fully saturated rings. The predicted molar refractivity (Wildman–Crippen MR) is 81.2 cm³/mol. The van der Waals surface area contributed by atoms with E-state index in [9.17, 15) is 9.59 Å². The number of hydrogen-bond donors (Lipinski definition) is 1. The minimum Gasteiger partial charge on any atom is -0.350 e. The van der Waals surface area contributed by atoms with E-state index < -0.39 is 0 Å². The maximum Gasteiger partial charge on any atom is 0.249 e. The van der Waals surface area contributed by atoms with Crippen LogP contribution in [0.4, 0.5) is 0 Å². The van der Waals surface area contributed by atoms with Gasteiger partial charge in [-0.2, -0.15) is 0 Å². The van der Waals surface area contributed by atoms with Gasteiger partial charge < -0.3 is 10.2 Å². The molecular weight excluding hydrogens is 252 g/mol. The van der Waals surface area contributed by atoms with Gasteiger partial charge in [0.2, 0.25) is 11.8 Å². The van der Waals surface area contributed by atoms with Crippen molar-refractivity contribution in [2.24, 2.45) is 0 Å². The van der Waals surface area contributed by atoms with Crippen LogP contribution in [0.1, 0.15) is 47.5 Å². The van der Waals surface area contributed by atoms with Crippen molar-refractivity contribution in [1.82, 2.24) is 10.2 Å². The predicted octanol–water partition coefficient (Wildman–Crippen LogP) is 2.41. The molecule has 0 radical (unpaired) electrons. The molecule has 0 unspecified atom stereocenters. The molecule has 0 saturated carbocycles. The maximum absolute atomic E-state index is 12.4. The number of hydrogen-bond acceptors (Lipinski definition) is 2. The second kappa shape index (κ2) is 5.43. The van der Waals surface area contributed by atoms with Crippen LogP contribution in [0.15, 0.2) is 24.8 Å². The van der Waals surface area contributed by atoms with E-state index in [0.29, 0.717) is 5.57 Å². The quantitative estimate of drug-likeness (QED) is 0.806. The van der Waals surface area contributed by atoms with Crippen molar-refractivity contribution in [2.45, 2.75) is 64.6 Å². The number of piperidine rings is 1. The fraction of sp³-hybridized carbons (Fsp3) is 0.625. The Bertz CT molecular complexity index is 431. The van der Waals surface area contributed by atoms with E-state index in [1.165, 1.54) is 6.08 Å². The zero-order valence-electron chi connectivity index (χ0n) is 13.2. The lowest BCUT2D eigenvalue weighted by molar-refractivity contribution is -0.145. The van der Waals surface area contributed by atoms with Crippen molar-refractivity contribution in [1.29, 1.82) is 0 Å². The van der Waals surface area contributed by atoms with Crippen LogP contribution in [-0.2, 0) is 9.59 Å². The summed E-state index contributed by atoms with van der Waals surface area (Å²) in [5.74, 6) is -0.185. The van der Waals surface area contributed by atoms with Gasteiger partial charge in [-0.1, -0.05) is 13.2 Å². The Hall–Kier alpha value is -1.58. The molecule has 0 aromatic carbocycles. The van der Waals surface area contributed by atoms with Gasteiger partial charge in [0.15, 0.2) is 0 Å². The van der Waals surface area contributed by atoms with E-state index in [0.717, 1.165) is 12.8 Å². The van der Waals surface area contributed by atoms with Crippen molar-refractivity contribution >= 4 is 11.8 Å². The minimum atomic E-state index is -0.336. The van der Waals surface area contributed by atoms with Gasteiger partial charge in [0.25, 0.3) is 0 Å². The number of likely N-dealkylation sites (tertiary alicyclic amines) is 1. The SMILES string of the molecule is C=CC(=O)NC1CC(C)(C)N(C(=O)C(=C)C)C(C)(C)C1. The highest BCUT2D eigenvalue weighted by Crippen LogP contribution is 2.39. The summed E-state index contributed by atoms with van der Waals surface area (Å²) in [6.07, 6.45) is 2.72. The van der Waals surface area contributed by atoms with Crippen LogP contribution in [0, 0.1) is 0 Å². The molecule has 0 aliphatic carbocycles. The van der Waals surface area contributed by atoms with E-state index in [4.69, 9.17) is 0 Å². The van der Waals surface area contributed by atoms with Crippen LogP contribution in [0.5, 0.6) is 0 Å². The van der Waals surface area contributed by atoms with Gasteiger partial charge >= 0.3 is 0 Å². The molecule has 0 atom stereocenters. The first kappa shape index (κ1) is 16.5. The number of amides is 2. The van der Waals surface area contributed by atoms with Crippen LogP contribution in [0.25, 0.3) is 0 Å². The summed E-state index contributed by atoms with van der Waals surface area (Å²) in [6.45, 7) is 17.1. The second-order valence-electron chi connectivity index (χ2n) is 6.86. The Balaban J connectivity index is 3.04. The molecule has 2 amide bonds. The topological polar surface area (TPSA) is 49.4 Å². The van der Waals surface area contributed by atoms with Gasteiger partial charge in [-0.15, -0.1) is 0 Å². The summed E-state index contributed by atoms with van der Waals surface area (Å²) < 4.78 is 0. The van der Waals surface area contributed by atoms with Crippen molar-refractivity contribution in [3.8, 4) is 0 Å². The molecule has 1 aliphatic heterocycles. The number of rotatable bonds is 3. The molecule has 0 spiro atoms. The lowest BCUT2D eigenvalue weighted by Gasteiger charge is -2.55. The second-order valence-corrected chi connectivity index (χ2v) is 6.86. The molecule has 0 aromatic heterocycles. The van der Waals surface area contributed by atoms with Crippen LogP contribution >= 0.6 is 0 Å². The highest BCUT2D eigenvalue weighted by Gasteiger charge is 2.47. The molecular formula is C16H26N2O2. The average molecular weight is 278 g/mol. The maximum atomic E-state index is 12.4. The Morgan fingerprint density at radius 1 is 1.20 bits per heavy atom. The summed E-state index contributed by atoms with van der Waals surface area (Å²) in [7, 11) is 0. The van der Waals surface area contributed by atoms with Crippen molar-refractivity contribution in [3.05, 3.63) is 24.8 Å². The molecule has 112 valence electrons. The summed E-state index contributed by atoms with van der Waals surface area (Å²) in [6, 6.07) is 0.0414. The van der Waals surface area contributed by atoms with Gasteiger partial charge in [0.05, 0.1) is 0 Å². The summed E-state index contributed by atoms with van der Waals surface area (Å²) in [4.78, 5) is 25.8. The van der Waals surface area contributed by atoms with Crippen molar-refractivity contribution in [2.75, 3.05) is 0 Å². The molecule has 4 nitrogen and oxygen atoms in total. The summed E-state index contributed by atoms with van der Waals surface area (Å²) in [5.41, 5.74) is -0.131. The molecule has 1 aliphatic rings. The first-order chi connectivity index (χ1) is 9.01. The molecule has 1 saturated heterocycles. The molecule has 1 N–H and O–H groups in total.